The maximum atomic E-state index is 14.1. The molecule has 1 amide bonds. The van der Waals surface area contributed by atoms with Gasteiger partial charge in [0.05, 0.1) is 12.1 Å². The third kappa shape index (κ3) is 6.51. The van der Waals surface area contributed by atoms with E-state index in [1.54, 1.807) is 24.1 Å². The van der Waals surface area contributed by atoms with E-state index in [1.165, 1.54) is 11.9 Å². The number of amides is 1. The van der Waals surface area contributed by atoms with Crippen LogP contribution in [0.2, 0.25) is 0 Å². The van der Waals surface area contributed by atoms with Crippen LogP contribution in [-0.4, -0.2) is 69.7 Å². The minimum atomic E-state index is -1.56. The number of allylic oxidation sites excluding steroid dienone is 1. The number of aliphatic imine (C=N–C) groups is 1. The standard InChI is InChI=1S/C26H34F3N5O3/c1-14(2)12-33(13-15(3)4)23-11-20(17-8-18(27)25(29)19(28)9-17)30-22-10-21(31-34(22)23)26(37)32(6)16(5)7-24(35)36/h8-11,14-16,21,31H,7,12-13H2,1-6H3,(H,35,36). The number of carbonyl (C=O) groups is 2. The summed E-state index contributed by atoms with van der Waals surface area (Å²) in [6.07, 6.45) is 3.03. The minimum Gasteiger partial charge on any atom is -0.481 e. The second-order valence-corrected chi connectivity index (χ2v) is 10.3. The van der Waals surface area contributed by atoms with Crippen LogP contribution in [-0.2, 0) is 9.59 Å². The van der Waals surface area contributed by atoms with E-state index >= 15 is 0 Å². The lowest BCUT2D eigenvalue weighted by Gasteiger charge is -2.38. The van der Waals surface area contributed by atoms with Crippen LogP contribution in [0.15, 0.2) is 40.9 Å². The van der Waals surface area contributed by atoms with E-state index in [-0.39, 0.29) is 35.4 Å². The van der Waals surface area contributed by atoms with Crippen molar-refractivity contribution in [1.29, 1.82) is 0 Å². The molecule has 3 rings (SSSR count). The lowest BCUT2D eigenvalue weighted by atomic mass is 10.1. The first kappa shape index (κ1) is 28.2. The Hall–Kier alpha value is -3.34. The van der Waals surface area contributed by atoms with Crippen molar-refractivity contribution in [2.24, 2.45) is 16.8 Å². The van der Waals surface area contributed by atoms with Crippen molar-refractivity contribution in [2.75, 3.05) is 20.1 Å². The first-order chi connectivity index (χ1) is 17.3. The zero-order valence-corrected chi connectivity index (χ0v) is 21.9. The smallest absolute Gasteiger partial charge is 0.305 e. The number of rotatable bonds is 10. The Bertz CT molecular complexity index is 1120. The fourth-order valence-corrected chi connectivity index (χ4v) is 4.26. The molecule has 2 aliphatic rings. The number of nitrogens with one attached hydrogen (secondary N) is 1. The van der Waals surface area contributed by atoms with Gasteiger partial charge in [-0.1, -0.05) is 27.7 Å². The van der Waals surface area contributed by atoms with Crippen molar-refractivity contribution < 1.29 is 27.9 Å². The molecule has 0 spiro atoms. The molecule has 0 bridgehead atoms. The van der Waals surface area contributed by atoms with Crippen molar-refractivity contribution in [3.63, 3.8) is 0 Å². The van der Waals surface area contributed by atoms with E-state index in [4.69, 9.17) is 5.11 Å². The molecule has 0 fully saturated rings. The molecule has 202 valence electrons. The normalized spacial score (nSPS) is 17.9. The highest BCUT2D eigenvalue weighted by Gasteiger charge is 2.37. The van der Waals surface area contributed by atoms with Crippen molar-refractivity contribution in [2.45, 2.75) is 53.1 Å². The Morgan fingerprint density at radius 1 is 1.08 bits per heavy atom. The number of fused-ring (bicyclic) bond motifs is 1. The summed E-state index contributed by atoms with van der Waals surface area (Å²) in [6, 6.07) is 0.400. The Morgan fingerprint density at radius 3 is 2.16 bits per heavy atom. The summed E-state index contributed by atoms with van der Waals surface area (Å²) in [7, 11) is 1.53. The number of carbonyl (C=O) groups excluding carboxylic acids is 1. The lowest BCUT2D eigenvalue weighted by Crippen LogP contribution is -2.51. The van der Waals surface area contributed by atoms with E-state index in [2.05, 4.69) is 43.0 Å². The van der Waals surface area contributed by atoms with Gasteiger partial charge in [0.25, 0.3) is 0 Å². The number of aliphatic carboxylic acids is 1. The van der Waals surface area contributed by atoms with E-state index in [9.17, 15) is 22.8 Å². The van der Waals surface area contributed by atoms with Gasteiger partial charge in [0.1, 0.15) is 17.7 Å². The van der Waals surface area contributed by atoms with Crippen LogP contribution in [0.4, 0.5) is 13.2 Å². The van der Waals surface area contributed by atoms with Gasteiger partial charge in [0.2, 0.25) is 5.91 Å². The third-order valence-corrected chi connectivity index (χ3v) is 6.06. The number of carboxylic acid groups (broad SMARTS) is 1. The van der Waals surface area contributed by atoms with Crippen LogP contribution in [0.1, 0.15) is 46.6 Å². The summed E-state index contributed by atoms with van der Waals surface area (Å²) in [5.74, 6) is -4.06. The van der Waals surface area contributed by atoms with Gasteiger partial charge in [-0.15, -0.1) is 0 Å². The molecule has 8 nitrogen and oxygen atoms in total. The van der Waals surface area contributed by atoms with Crippen LogP contribution >= 0.6 is 0 Å². The molecule has 0 aromatic heterocycles. The molecule has 2 heterocycles. The van der Waals surface area contributed by atoms with Crippen LogP contribution < -0.4 is 5.43 Å². The Morgan fingerprint density at radius 2 is 1.65 bits per heavy atom. The number of halogens is 3. The Labute approximate surface area is 215 Å². The largest absolute Gasteiger partial charge is 0.481 e. The molecular formula is C26H34F3N5O3. The van der Waals surface area contributed by atoms with E-state index < -0.39 is 35.5 Å². The Kier molecular flexibility index (Phi) is 8.68. The zero-order valence-electron chi connectivity index (χ0n) is 21.9. The molecule has 1 aromatic rings. The summed E-state index contributed by atoms with van der Waals surface area (Å²) in [4.78, 5) is 32.3. The number of likely N-dealkylation sites (N-methyl/N-ethyl adjacent to an activating group) is 1. The quantitative estimate of drug-likeness (QED) is 0.457. The van der Waals surface area contributed by atoms with Gasteiger partial charge in [0, 0.05) is 37.8 Å². The summed E-state index contributed by atoms with van der Waals surface area (Å²) in [5.41, 5.74) is 3.42. The van der Waals surface area contributed by atoms with Crippen molar-refractivity contribution in [1.82, 2.24) is 20.2 Å². The number of benzene rings is 1. The van der Waals surface area contributed by atoms with Gasteiger partial charge in [-0.2, -0.15) is 0 Å². The fraction of sp³-hybridized carbons (Fsp3) is 0.500. The molecule has 0 saturated heterocycles. The van der Waals surface area contributed by atoms with E-state index in [0.29, 0.717) is 24.7 Å². The number of hydrogen-bond donors (Lipinski definition) is 2. The van der Waals surface area contributed by atoms with Crippen molar-refractivity contribution in [3.05, 3.63) is 58.9 Å². The van der Waals surface area contributed by atoms with Gasteiger partial charge >= 0.3 is 5.97 Å². The van der Waals surface area contributed by atoms with Gasteiger partial charge in [0.15, 0.2) is 17.5 Å². The second-order valence-electron chi connectivity index (χ2n) is 10.3. The van der Waals surface area contributed by atoms with Crippen LogP contribution in [0.3, 0.4) is 0 Å². The maximum absolute atomic E-state index is 14.1. The Balaban J connectivity index is 2.05. The van der Waals surface area contributed by atoms with Crippen LogP contribution in [0, 0.1) is 29.3 Å². The molecule has 2 unspecified atom stereocenters. The molecule has 2 atom stereocenters. The first-order valence-corrected chi connectivity index (χ1v) is 12.2. The number of carboxylic acids is 1. The summed E-state index contributed by atoms with van der Waals surface area (Å²) in [6.45, 7) is 11.2. The van der Waals surface area contributed by atoms with Gasteiger partial charge in [-0.25, -0.2) is 28.6 Å². The molecule has 2 N–H and O–H groups in total. The molecular weight excluding hydrogens is 487 g/mol. The first-order valence-electron chi connectivity index (χ1n) is 12.2. The maximum Gasteiger partial charge on any atom is 0.305 e. The summed E-state index contributed by atoms with van der Waals surface area (Å²) < 4.78 is 41.7. The van der Waals surface area contributed by atoms with Crippen LogP contribution in [0.5, 0.6) is 0 Å². The minimum absolute atomic E-state index is 0.0606. The molecule has 37 heavy (non-hydrogen) atoms. The van der Waals surface area contributed by atoms with Crippen molar-refractivity contribution >= 4 is 17.6 Å². The highest BCUT2D eigenvalue weighted by molar-refractivity contribution is 6.10. The van der Waals surface area contributed by atoms with E-state index in [1.807, 2.05) is 0 Å². The SMILES string of the molecule is CC(C)CN(CC(C)C)C1=CC(c2cc(F)c(F)c(F)c2)=NC2=CC(C(=O)N(C)C(C)CC(=O)O)NN21. The summed E-state index contributed by atoms with van der Waals surface area (Å²) in [5, 5.41) is 10.8. The van der Waals surface area contributed by atoms with Crippen molar-refractivity contribution in [3.8, 4) is 0 Å². The number of nitrogens with zero attached hydrogens (tertiary/aromatic N) is 4. The second kappa shape index (κ2) is 11.4. The fourth-order valence-electron chi connectivity index (χ4n) is 4.26. The zero-order chi connectivity index (χ0) is 27.6. The highest BCUT2D eigenvalue weighted by Crippen LogP contribution is 2.30. The molecule has 11 heteroatoms. The van der Waals surface area contributed by atoms with Gasteiger partial charge in [-0.05, 0) is 37.0 Å². The molecule has 2 aliphatic heterocycles. The van der Waals surface area contributed by atoms with Gasteiger partial charge < -0.3 is 14.9 Å². The van der Waals surface area contributed by atoms with E-state index in [0.717, 1.165) is 12.1 Å². The average molecular weight is 522 g/mol. The predicted octanol–water partition coefficient (Wildman–Crippen LogP) is 3.71. The monoisotopic (exact) mass is 521 g/mol. The summed E-state index contributed by atoms with van der Waals surface area (Å²) >= 11 is 0. The molecule has 0 radical (unpaired) electrons. The molecule has 0 aliphatic carbocycles. The lowest BCUT2D eigenvalue weighted by molar-refractivity contribution is -0.140. The number of hydrazine groups is 1. The molecule has 1 aromatic carbocycles. The van der Waals surface area contributed by atoms with Gasteiger partial charge in [-0.3, -0.25) is 9.59 Å². The third-order valence-electron chi connectivity index (χ3n) is 6.06. The topological polar surface area (TPSA) is 88.5 Å². The highest BCUT2D eigenvalue weighted by atomic mass is 19.2. The predicted molar refractivity (Wildman–Crippen MR) is 134 cm³/mol. The number of hydrogen-bond acceptors (Lipinski definition) is 6. The molecule has 0 saturated carbocycles. The van der Waals surface area contributed by atoms with Crippen LogP contribution in [0.25, 0.3) is 0 Å². The average Bonchev–Trinajstić information content (AvgIpc) is 3.23.